The molecule has 1 unspecified atom stereocenters. The number of rotatable bonds is 6. The maximum Gasteiger partial charge on any atom is 0.313 e. The van der Waals surface area contributed by atoms with E-state index in [0.29, 0.717) is 18.9 Å². The second-order valence-electron chi connectivity index (χ2n) is 5.12. The molecule has 1 saturated carbocycles. The Hall–Kier alpha value is -1.42. The first kappa shape index (κ1) is 13.0. The number of nitrogens with two attached hydrogens (primary N) is 1. The van der Waals surface area contributed by atoms with Gasteiger partial charge < -0.3 is 10.5 Å². The zero-order valence-corrected chi connectivity index (χ0v) is 10.8. The molecular weight excluding hydrogens is 228 g/mol. The van der Waals surface area contributed by atoms with Gasteiger partial charge in [-0.05, 0) is 24.5 Å². The minimum Gasteiger partial charge on any atom is -0.469 e. The Balaban J connectivity index is 2.19. The highest BCUT2D eigenvalue weighted by Gasteiger charge is 2.43. The van der Waals surface area contributed by atoms with E-state index >= 15 is 0 Å². The minimum atomic E-state index is -0.607. The third-order valence-electron chi connectivity index (χ3n) is 3.63. The van der Waals surface area contributed by atoms with Crippen LogP contribution in [-0.2, 0) is 16.0 Å². The van der Waals surface area contributed by atoms with Crippen LogP contribution in [0.3, 0.4) is 0 Å². The van der Waals surface area contributed by atoms with Crippen molar-refractivity contribution in [3.05, 3.63) is 30.1 Å². The van der Waals surface area contributed by atoms with Gasteiger partial charge in [0, 0.05) is 24.9 Å². The molecule has 1 aromatic heterocycles. The first-order chi connectivity index (χ1) is 8.70. The molecular formula is C14H20N2O2. The molecule has 0 amide bonds. The summed E-state index contributed by atoms with van der Waals surface area (Å²) in [6.07, 6.45) is 5.51. The van der Waals surface area contributed by atoms with Crippen LogP contribution in [0.1, 0.15) is 25.0 Å². The van der Waals surface area contributed by atoms with Crippen LogP contribution in [0.2, 0.25) is 0 Å². The largest absolute Gasteiger partial charge is 0.469 e. The Morgan fingerprint density at radius 1 is 1.56 bits per heavy atom. The van der Waals surface area contributed by atoms with Crippen molar-refractivity contribution in [3.63, 3.8) is 0 Å². The van der Waals surface area contributed by atoms with Crippen molar-refractivity contribution < 1.29 is 9.53 Å². The molecule has 1 fully saturated rings. The molecule has 98 valence electrons. The van der Waals surface area contributed by atoms with E-state index in [-0.39, 0.29) is 5.97 Å². The number of esters is 1. The Morgan fingerprint density at radius 2 is 2.33 bits per heavy atom. The van der Waals surface area contributed by atoms with Crippen LogP contribution >= 0.6 is 0 Å². The fourth-order valence-electron chi connectivity index (χ4n) is 2.41. The summed E-state index contributed by atoms with van der Waals surface area (Å²) in [7, 11) is 1.43. The summed E-state index contributed by atoms with van der Waals surface area (Å²) < 4.78 is 4.96. The topological polar surface area (TPSA) is 65.2 Å². The van der Waals surface area contributed by atoms with Gasteiger partial charge in [-0.2, -0.15) is 0 Å². The Labute approximate surface area is 108 Å². The van der Waals surface area contributed by atoms with Gasteiger partial charge in [-0.25, -0.2) is 0 Å². The molecule has 1 heterocycles. The molecule has 0 bridgehead atoms. The van der Waals surface area contributed by atoms with Crippen molar-refractivity contribution in [2.45, 2.75) is 25.7 Å². The molecule has 4 nitrogen and oxygen atoms in total. The van der Waals surface area contributed by atoms with E-state index in [1.54, 1.807) is 6.20 Å². The first-order valence-electron chi connectivity index (χ1n) is 6.38. The van der Waals surface area contributed by atoms with E-state index in [2.05, 4.69) is 4.98 Å². The van der Waals surface area contributed by atoms with Crippen LogP contribution in [0.15, 0.2) is 24.4 Å². The molecule has 2 N–H and O–H groups in total. The second-order valence-corrected chi connectivity index (χ2v) is 5.12. The van der Waals surface area contributed by atoms with Crippen molar-refractivity contribution in [2.75, 3.05) is 13.7 Å². The van der Waals surface area contributed by atoms with Gasteiger partial charge in [-0.1, -0.05) is 18.9 Å². The third-order valence-corrected chi connectivity index (χ3v) is 3.63. The zero-order chi connectivity index (χ0) is 13.0. The maximum atomic E-state index is 12.1. The number of hydrogen-bond acceptors (Lipinski definition) is 4. The molecule has 1 aliphatic carbocycles. The summed E-state index contributed by atoms with van der Waals surface area (Å²) >= 11 is 0. The molecule has 0 saturated heterocycles. The summed E-state index contributed by atoms with van der Waals surface area (Å²) in [6.45, 7) is 0.312. The summed E-state index contributed by atoms with van der Waals surface area (Å²) in [5.41, 5.74) is 6.17. The number of ether oxygens (including phenoxy) is 1. The second kappa shape index (κ2) is 5.48. The van der Waals surface area contributed by atoms with Crippen molar-refractivity contribution >= 4 is 5.97 Å². The Morgan fingerprint density at radius 3 is 2.83 bits per heavy atom. The van der Waals surface area contributed by atoms with Crippen LogP contribution in [0.5, 0.6) is 0 Å². The lowest BCUT2D eigenvalue weighted by Gasteiger charge is -2.29. The summed E-state index contributed by atoms with van der Waals surface area (Å²) in [6, 6.07) is 5.73. The number of methoxy groups -OCH3 is 1. The van der Waals surface area contributed by atoms with Crippen LogP contribution < -0.4 is 5.73 Å². The molecule has 4 heteroatoms. The highest BCUT2D eigenvalue weighted by molar-refractivity contribution is 5.77. The van der Waals surface area contributed by atoms with Crippen LogP contribution in [0.25, 0.3) is 0 Å². The predicted octanol–water partition coefficient (Wildman–Crippen LogP) is 1.54. The van der Waals surface area contributed by atoms with Crippen molar-refractivity contribution in [3.8, 4) is 0 Å². The van der Waals surface area contributed by atoms with Gasteiger partial charge in [0.2, 0.25) is 0 Å². The highest BCUT2D eigenvalue weighted by atomic mass is 16.5. The molecule has 0 aliphatic heterocycles. The fourth-order valence-corrected chi connectivity index (χ4v) is 2.41. The lowest BCUT2D eigenvalue weighted by Crippen LogP contribution is -2.42. The predicted molar refractivity (Wildman–Crippen MR) is 68.8 cm³/mol. The molecule has 0 aromatic carbocycles. The number of nitrogens with zero attached hydrogens (tertiary/aromatic N) is 1. The lowest BCUT2D eigenvalue weighted by molar-refractivity contribution is -0.153. The number of carbonyl (C=O) groups excluding carboxylic acids is 1. The number of hydrogen-bond donors (Lipinski definition) is 1. The van der Waals surface area contributed by atoms with Crippen molar-refractivity contribution in [1.29, 1.82) is 0 Å². The molecule has 18 heavy (non-hydrogen) atoms. The summed E-state index contributed by atoms with van der Waals surface area (Å²) in [4.78, 5) is 16.4. The zero-order valence-electron chi connectivity index (χ0n) is 10.8. The maximum absolute atomic E-state index is 12.1. The fraction of sp³-hybridized carbons (Fsp3) is 0.571. The summed E-state index contributed by atoms with van der Waals surface area (Å²) in [5.74, 6) is 0.416. The van der Waals surface area contributed by atoms with Gasteiger partial charge in [0.05, 0.1) is 12.5 Å². The standard InChI is InChI=1S/C14H20N2O2/c1-18-13(17)14(10-15,8-11-5-6-11)9-12-4-2-3-7-16-12/h2-4,7,11H,5-6,8-10,15H2,1H3. The molecule has 1 aliphatic rings. The van der Waals surface area contributed by atoms with Gasteiger partial charge in [0.15, 0.2) is 0 Å². The van der Waals surface area contributed by atoms with Crippen LogP contribution in [0.4, 0.5) is 0 Å². The summed E-state index contributed by atoms with van der Waals surface area (Å²) in [5, 5.41) is 0. The number of carbonyl (C=O) groups is 1. The van der Waals surface area contributed by atoms with E-state index in [0.717, 1.165) is 12.1 Å². The average molecular weight is 248 g/mol. The monoisotopic (exact) mass is 248 g/mol. The Kier molecular flexibility index (Phi) is 3.97. The first-order valence-corrected chi connectivity index (χ1v) is 6.38. The van der Waals surface area contributed by atoms with Gasteiger partial charge >= 0.3 is 5.97 Å². The number of pyridine rings is 1. The van der Waals surface area contributed by atoms with Crippen molar-refractivity contribution in [2.24, 2.45) is 17.1 Å². The van der Waals surface area contributed by atoms with E-state index in [9.17, 15) is 4.79 Å². The molecule has 0 spiro atoms. The van der Waals surface area contributed by atoms with Gasteiger partial charge in [-0.3, -0.25) is 9.78 Å². The van der Waals surface area contributed by atoms with Gasteiger partial charge in [0.25, 0.3) is 0 Å². The van der Waals surface area contributed by atoms with Crippen LogP contribution in [-0.4, -0.2) is 24.6 Å². The van der Waals surface area contributed by atoms with E-state index in [1.165, 1.54) is 20.0 Å². The van der Waals surface area contributed by atoms with Crippen LogP contribution in [0, 0.1) is 11.3 Å². The normalized spacial score (nSPS) is 18.1. The SMILES string of the molecule is COC(=O)C(CN)(Cc1ccccn1)CC1CC1. The molecule has 1 aromatic rings. The Bertz CT molecular complexity index is 404. The van der Waals surface area contributed by atoms with E-state index < -0.39 is 5.41 Å². The van der Waals surface area contributed by atoms with E-state index in [4.69, 9.17) is 10.5 Å². The lowest BCUT2D eigenvalue weighted by atomic mass is 9.78. The van der Waals surface area contributed by atoms with Crippen molar-refractivity contribution in [1.82, 2.24) is 4.98 Å². The quantitative estimate of drug-likeness (QED) is 0.776. The average Bonchev–Trinajstić information content (AvgIpc) is 3.22. The number of aromatic nitrogens is 1. The smallest absolute Gasteiger partial charge is 0.313 e. The third kappa shape index (κ3) is 2.88. The minimum absolute atomic E-state index is 0.206. The molecule has 0 radical (unpaired) electrons. The van der Waals surface area contributed by atoms with E-state index in [1.807, 2.05) is 18.2 Å². The van der Waals surface area contributed by atoms with Gasteiger partial charge in [0.1, 0.15) is 0 Å². The van der Waals surface area contributed by atoms with Gasteiger partial charge in [-0.15, -0.1) is 0 Å². The molecule has 1 atom stereocenters. The molecule has 2 rings (SSSR count). The highest BCUT2D eigenvalue weighted by Crippen LogP contribution is 2.42.